The van der Waals surface area contributed by atoms with Gasteiger partial charge in [0, 0.05) is 11.1 Å². The molecule has 7 heteroatoms. The van der Waals surface area contributed by atoms with Crippen molar-refractivity contribution in [3.8, 4) is 0 Å². The standard InChI is InChI=1S/C17H14ClF2NO3/c1-10(11-2-4-12(18)5-3-11)21-16(22)9-24-17(23)14-7-6-13(19)8-15(14)20/h2-8,10H,9H2,1H3,(H,21,22)/t10-/m1/s1. The SMILES string of the molecule is C[C@@H](NC(=O)COC(=O)c1ccc(F)cc1F)c1ccc(Cl)cc1. The Balaban J connectivity index is 1.88. The Hall–Kier alpha value is -2.47. The van der Waals surface area contributed by atoms with E-state index in [4.69, 9.17) is 16.3 Å². The van der Waals surface area contributed by atoms with Crippen LogP contribution in [0.25, 0.3) is 0 Å². The molecule has 0 bridgehead atoms. The zero-order chi connectivity index (χ0) is 17.7. The molecule has 1 N–H and O–H groups in total. The molecule has 0 aliphatic rings. The van der Waals surface area contributed by atoms with Crippen LogP contribution in [0.4, 0.5) is 8.78 Å². The molecule has 126 valence electrons. The molecule has 2 aromatic carbocycles. The summed E-state index contributed by atoms with van der Waals surface area (Å²) in [5, 5.41) is 3.21. The molecular formula is C17H14ClF2NO3. The number of carbonyl (C=O) groups is 2. The third-order valence-electron chi connectivity index (χ3n) is 3.23. The molecule has 2 aromatic rings. The summed E-state index contributed by atoms with van der Waals surface area (Å²) in [6.07, 6.45) is 0. The lowest BCUT2D eigenvalue weighted by molar-refractivity contribution is -0.124. The van der Waals surface area contributed by atoms with E-state index in [-0.39, 0.29) is 6.04 Å². The second kappa shape index (κ2) is 7.88. The number of benzene rings is 2. The van der Waals surface area contributed by atoms with Gasteiger partial charge in [-0.2, -0.15) is 0 Å². The van der Waals surface area contributed by atoms with E-state index >= 15 is 0 Å². The lowest BCUT2D eigenvalue weighted by atomic mass is 10.1. The summed E-state index contributed by atoms with van der Waals surface area (Å²) in [4.78, 5) is 23.5. The van der Waals surface area contributed by atoms with Crippen LogP contribution in [0.2, 0.25) is 5.02 Å². The van der Waals surface area contributed by atoms with Gasteiger partial charge in [0.15, 0.2) is 6.61 Å². The number of hydrogen-bond acceptors (Lipinski definition) is 3. The van der Waals surface area contributed by atoms with Crippen LogP contribution in [0, 0.1) is 11.6 Å². The number of rotatable bonds is 5. The van der Waals surface area contributed by atoms with Crippen LogP contribution >= 0.6 is 11.6 Å². The zero-order valence-corrected chi connectivity index (χ0v) is 13.4. The van der Waals surface area contributed by atoms with E-state index in [1.54, 1.807) is 31.2 Å². The van der Waals surface area contributed by atoms with Gasteiger partial charge in [0.1, 0.15) is 11.6 Å². The smallest absolute Gasteiger partial charge is 0.341 e. The Morgan fingerprint density at radius 2 is 1.83 bits per heavy atom. The monoisotopic (exact) mass is 353 g/mol. The molecule has 0 spiro atoms. The van der Waals surface area contributed by atoms with Crippen molar-refractivity contribution < 1.29 is 23.1 Å². The van der Waals surface area contributed by atoms with E-state index in [1.807, 2.05) is 0 Å². The molecule has 0 aliphatic carbocycles. The topological polar surface area (TPSA) is 55.4 Å². The highest BCUT2D eigenvalue weighted by molar-refractivity contribution is 6.30. The molecule has 0 radical (unpaired) electrons. The second-order valence-corrected chi connectivity index (χ2v) is 5.48. The van der Waals surface area contributed by atoms with Gasteiger partial charge in [0.05, 0.1) is 11.6 Å². The molecule has 0 saturated heterocycles. The molecule has 2 rings (SSSR count). The lowest BCUT2D eigenvalue weighted by Gasteiger charge is -2.14. The number of nitrogens with one attached hydrogen (secondary N) is 1. The third-order valence-corrected chi connectivity index (χ3v) is 3.48. The average molecular weight is 354 g/mol. The lowest BCUT2D eigenvalue weighted by Crippen LogP contribution is -2.31. The molecule has 1 atom stereocenters. The summed E-state index contributed by atoms with van der Waals surface area (Å²) in [7, 11) is 0. The van der Waals surface area contributed by atoms with Crippen LogP contribution in [0.5, 0.6) is 0 Å². The van der Waals surface area contributed by atoms with Crippen LogP contribution < -0.4 is 5.32 Å². The second-order valence-electron chi connectivity index (χ2n) is 5.04. The highest BCUT2D eigenvalue weighted by Gasteiger charge is 2.16. The van der Waals surface area contributed by atoms with Gasteiger partial charge in [0.2, 0.25) is 0 Å². The van der Waals surface area contributed by atoms with Crippen molar-refractivity contribution in [1.82, 2.24) is 5.32 Å². The van der Waals surface area contributed by atoms with Crippen molar-refractivity contribution in [3.63, 3.8) is 0 Å². The van der Waals surface area contributed by atoms with Crippen LogP contribution in [0.1, 0.15) is 28.9 Å². The van der Waals surface area contributed by atoms with Crippen LogP contribution in [-0.2, 0) is 9.53 Å². The molecule has 0 fully saturated rings. The minimum Gasteiger partial charge on any atom is -0.452 e. The molecule has 0 unspecified atom stereocenters. The number of esters is 1. The normalized spacial score (nSPS) is 11.7. The molecule has 24 heavy (non-hydrogen) atoms. The summed E-state index contributed by atoms with van der Waals surface area (Å²) in [5.74, 6) is -3.44. The Kier molecular flexibility index (Phi) is 5.87. The largest absolute Gasteiger partial charge is 0.452 e. The first-order valence-corrected chi connectivity index (χ1v) is 7.41. The first kappa shape index (κ1) is 17.9. The summed E-state index contributed by atoms with van der Waals surface area (Å²) >= 11 is 5.79. The number of amides is 1. The van der Waals surface area contributed by atoms with Gasteiger partial charge in [-0.1, -0.05) is 23.7 Å². The van der Waals surface area contributed by atoms with Crippen molar-refractivity contribution in [2.75, 3.05) is 6.61 Å². The van der Waals surface area contributed by atoms with Gasteiger partial charge in [-0.3, -0.25) is 4.79 Å². The Labute approximate surface area is 142 Å². The number of ether oxygens (including phenoxy) is 1. The van der Waals surface area contributed by atoms with E-state index in [1.165, 1.54) is 0 Å². The molecule has 4 nitrogen and oxygen atoms in total. The summed E-state index contributed by atoms with van der Waals surface area (Å²) in [6, 6.07) is 9.04. The number of hydrogen-bond donors (Lipinski definition) is 1. The van der Waals surface area contributed by atoms with Crippen LogP contribution in [0.3, 0.4) is 0 Å². The molecule has 0 saturated carbocycles. The predicted octanol–water partition coefficient (Wildman–Crippen LogP) is 3.65. The van der Waals surface area contributed by atoms with E-state index in [0.717, 1.165) is 17.7 Å². The fourth-order valence-corrected chi connectivity index (χ4v) is 2.11. The predicted molar refractivity (Wildman–Crippen MR) is 84.7 cm³/mol. The maximum Gasteiger partial charge on any atom is 0.341 e. The van der Waals surface area contributed by atoms with Crippen LogP contribution in [0.15, 0.2) is 42.5 Å². The van der Waals surface area contributed by atoms with Crippen molar-refractivity contribution >= 4 is 23.5 Å². The molecule has 0 aromatic heterocycles. The van der Waals surface area contributed by atoms with E-state index in [0.29, 0.717) is 11.1 Å². The van der Waals surface area contributed by atoms with E-state index in [2.05, 4.69) is 5.32 Å². The number of carbonyl (C=O) groups excluding carboxylic acids is 2. The zero-order valence-electron chi connectivity index (χ0n) is 12.7. The van der Waals surface area contributed by atoms with Crippen molar-refractivity contribution in [1.29, 1.82) is 0 Å². The number of halogens is 3. The minimum absolute atomic E-state index is 0.323. The first-order chi connectivity index (χ1) is 11.4. The minimum atomic E-state index is -1.05. The highest BCUT2D eigenvalue weighted by atomic mass is 35.5. The van der Waals surface area contributed by atoms with Gasteiger partial charge < -0.3 is 10.1 Å². The Bertz CT molecular complexity index is 750. The summed E-state index contributed by atoms with van der Waals surface area (Å²) in [6.45, 7) is 1.18. The van der Waals surface area contributed by atoms with Gasteiger partial charge in [-0.15, -0.1) is 0 Å². The van der Waals surface area contributed by atoms with Gasteiger partial charge in [-0.05, 0) is 36.8 Å². The maximum atomic E-state index is 13.4. The fraction of sp³-hybridized carbons (Fsp3) is 0.176. The van der Waals surface area contributed by atoms with Crippen LogP contribution in [-0.4, -0.2) is 18.5 Å². The molecule has 1 amide bonds. The van der Waals surface area contributed by atoms with Crippen molar-refractivity contribution in [3.05, 3.63) is 70.2 Å². The van der Waals surface area contributed by atoms with Crippen molar-refractivity contribution in [2.24, 2.45) is 0 Å². The van der Waals surface area contributed by atoms with Gasteiger partial charge >= 0.3 is 5.97 Å². The third kappa shape index (κ3) is 4.76. The summed E-state index contributed by atoms with van der Waals surface area (Å²) in [5.41, 5.74) is 0.388. The summed E-state index contributed by atoms with van der Waals surface area (Å²) < 4.78 is 31.0. The Morgan fingerprint density at radius 1 is 1.17 bits per heavy atom. The quantitative estimate of drug-likeness (QED) is 0.835. The maximum absolute atomic E-state index is 13.4. The molecular weight excluding hydrogens is 340 g/mol. The van der Waals surface area contributed by atoms with Gasteiger partial charge in [0.25, 0.3) is 5.91 Å². The first-order valence-electron chi connectivity index (χ1n) is 7.04. The fourth-order valence-electron chi connectivity index (χ4n) is 1.98. The van der Waals surface area contributed by atoms with E-state index < -0.39 is 35.7 Å². The highest BCUT2D eigenvalue weighted by Crippen LogP contribution is 2.16. The van der Waals surface area contributed by atoms with Gasteiger partial charge in [-0.25, -0.2) is 13.6 Å². The Morgan fingerprint density at radius 3 is 2.46 bits per heavy atom. The molecule has 0 aliphatic heterocycles. The molecule has 0 heterocycles. The average Bonchev–Trinajstić information content (AvgIpc) is 2.53. The van der Waals surface area contributed by atoms with Crippen molar-refractivity contribution in [2.45, 2.75) is 13.0 Å². The van der Waals surface area contributed by atoms with E-state index in [9.17, 15) is 18.4 Å².